The molecule has 10 nitrogen and oxygen atoms in total. The number of ketones is 2. The predicted octanol–water partition coefficient (Wildman–Crippen LogP) is 4.50. The molecule has 1 fully saturated rings. The standard InChI is InChI=1S/C37H29NO9/c1-37-15-21-13-19-11-12-20-14-23-30(31(39)22-9-6-10-25(45-2)29(22)32(23)40)34(42)27(20)26(19)33(41)28(21)35(43)38(37)24(17-47-37)36(44)46-16-18-7-4-3-5-8-18/h3-10,13-14,24,41-42H,11-12,15-17H2,1-2H3/t24-,37-/m1/s1. The zero-order chi connectivity index (χ0) is 32.8. The third-order valence-corrected chi connectivity index (χ3v) is 9.77. The summed E-state index contributed by atoms with van der Waals surface area (Å²) in [4.78, 5) is 56.3. The van der Waals surface area contributed by atoms with E-state index in [9.17, 15) is 29.4 Å². The molecule has 2 aliphatic carbocycles. The highest BCUT2D eigenvalue weighted by Crippen LogP contribution is 2.52. The largest absolute Gasteiger partial charge is 0.506 e. The van der Waals surface area contributed by atoms with Crippen LogP contribution in [0.4, 0.5) is 0 Å². The minimum absolute atomic E-state index is 0.00459. The summed E-state index contributed by atoms with van der Waals surface area (Å²) in [7, 11) is 1.42. The van der Waals surface area contributed by atoms with E-state index in [4.69, 9.17) is 14.2 Å². The first-order valence-corrected chi connectivity index (χ1v) is 15.3. The molecule has 8 rings (SSSR count). The van der Waals surface area contributed by atoms with Gasteiger partial charge in [0.05, 0.1) is 30.4 Å². The van der Waals surface area contributed by atoms with Crippen LogP contribution in [0, 0.1) is 0 Å². The van der Waals surface area contributed by atoms with E-state index in [1.807, 2.05) is 36.4 Å². The maximum Gasteiger partial charge on any atom is 0.331 e. The predicted molar refractivity (Wildman–Crippen MR) is 167 cm³/mol. The number of phenols is 2. The first-order valence-electron chi connectivity index (χ1n) is 15.3. The molecule has 0 saturated carbocycles. The van der Waals surface area contributed by atoms with Crippen molar-refractivity contribution in [2.45, 2.75) is 44.6 Å². The SMILES string of the molecule is COc1cccc2c1C(=O)c1cc3c(c(O)c1C2=O)-c1c(cc2c(c1O)C(=O)N1[C@@H](C(=O)OCc4ccccc4)CO[C@]1(C)C2)CC3. The van der Waals surface area contributed by atoms with E-state index in [1.165, 1.54) is 18.1 Å². The number of aryl methyl sites for hydroxylation is 2. The number of rotatable bonds is 4. The normalized spacial score (nSPS) is 20.4. The molecule has 0 unspecified atom stereocenters. The smallest absolute Gasteiger partial charge is 0.331 e. The number of carbonyl (C=O) groups excluding carboxylic acids is 4. The molecule has 1 saturated heterocycles. The van der Waals surface area contributed by atoms with Crippen LogP contribution in [0.3, 0.4) is 0 Å². The highest BCUT2D eigenvalue weighted by molar-refractivity contribution is 6.31. The van der Waals surface area contributed by atoms with Crippen molar-refractivity contribution in [3.8, 4) is 28.4 Å². The Morgan fingerprint density at radius 3 is 2.26 bits per heavy atom. The molecular weight excluding hydrogens is 602 g/mol. The molecule has 4 aliphatic rings. The summed E-state index contributed by atoms with van der Waals surface area (Å²) in [5, 5.41) is 23.6. The topological polar surface area (TPSA) is 140 Å². The maximum absolute atomic E-state index is 14.2. The summed E-state index contributed by atoms with van der Waals surface area (Å²) in [5.41, 5.74) is 2.01. The Hall–Kier alpha value is -5.48. The van der Waals surface area contributed by atoms with E-state index in [1.54, 1.807) is 25.1 Å². The lowest BCUT2D eigenvalue weighted by atomic mass is 9.75. The lowest BCUT2D eigenvalue weighted by molar-refractivity contribution is -0.150. The van der Waals surface area contributed by atoms with Gasteiger partial charge in [-0.1, -0.05) is 48.5 Å². The number of aromatic hydroxyl groups is 2. The fourth-order valence-electron chi connectivity index (χ4n) is 7.61. The van der Waals surface area contributed by atoms with Crippen LogP contribution in [0.2, 0.25) is 0 Å². The van der Waals surface area contributed by atoms with Crippen LogP contribution in [-0.2, 0) is 40.1 Å². The molecule has 2 atom stereocenters. The number of fused-ring (bicyclic) bond motifs is 7. The summed E-state index contributed by atoms with van der Waals surface area (Å²) in [5.74, 6) is -2.75. The molecule has 0 aromatic heterocycles. The Kier molecular flexibility index (Phi) is 6.32. The van der Waals surface area contributed by atoms with Crippen LogP contribution in [-0.4, -0.2) is 64.0 Å². The van der Waals surface area contributed by atoms with Crippen molar-refractivity contribution in [2.24, 2.45) is 0 Å². The molecule has 0 spiro atoms. The third-order valence-electron chi connectivity index (χ3n) is 9.77. The average molecular weight is 632 g/mol. The van der Waals surface area contributed by atoms with Gasteiger partial charge in [-0.15, -0.1) is 0 Å². The lowest BCUT2D eigenvalue weighted by Crippen LogP contribution is -2.56. The van der Waals surface area contributed by atoms with Gasteiger partial charge in [0.2, 0.25) is 0 Å². The summed E-state index contributed by atoms with van der Waals surface area (Å²) in [6.07, 6.45) is 1.09. The van der Waals surface area contributed by atoms with E-state index < -0.39 is 41.0 Å². The Morgan fingerprint density at radius 2 is 1.53 bits per heavy atom. The number of esters is 1. The molecule has 2 heterocycles. The van der Waals surface area contributed by atoms with Gasteiger partial charge in [-0.2, -0.15) is 0 Å². The van der Waals surface area contributed by atoms with Crippen molar-refractivity contribution >= 4 is 23.4 Å². The molecule has 1 amide bonds. The summed E-state index contributed by atoms with van der Waals surface area (Å²) in [6.45, 7) is 1.70. The van der Waals surface area contributed by atoms with Gasteiger partial charge in [0.1, 0.15) is 29.6 Å². The van der Waals surface area contributed by atoms with E-state index in [0.29, 0.717) is 29.5 Å². The molecule has 47 heavy (non-hydrogen) atoms. The average Bonchev–Trinajstić information content (AvgIpc) is 3.43. The zero-order valence-corrected chi connectivity index (χ0v) is 25.6. The van der Waals surface area contributed by atoms with Crippen molar-refractivity contribution in [1.82, 2.24) is 4.90 Å². The minimum Gasteiger partial charge on any atom is -0.506 e. The number of methoxy groups -OCH3 is 1. The highest BCUT2D eigenvalue weighted by atomic mass is 16.6. The third kappa shape index (κ3) is 4.07. The molecule has 4 aromatic rings. The number of nitrogens with zero attached hydrogens (tertiary/aromatic N) is 1. The molecule has 236 valence electrons. The summed E-state index contributed by atoms with van der Waals surface area (Å²) >= 11 is 0. The van der Waals surface area contributed by atoms with E-state index >= 15 is 0 Å². The lowest BCUT2D eigenvalue weighted by Gasteiger charge is -2.41. The number of hydrogen-bond donors (Lipinski definition) is 2. The van der Waals surface area contributed by atoms with Gasteiger partial charge in [-0.05, 0) is 54.2 Å². The fourth-order valence-corrected chi connectivity index (χ4v) is 7.61. The molecule has 10 heteroatoms. The second-order valence-electron chi connectivity index (χ2n) is 12.5. The molecule has 0 radical (unpaired) electrons. The van der Waals surface area contributed by atoms with Gasteiger partial charge in [0, 0.05) is 28.7 Å². The highest BCUT2D eigenvalue weighted by Gasteiger charge is 2.55. The monoisotopic (exact) mass is 631 g/mol. The Bertz CT molecular complexity index is 2090. The van der Waals surface area contributed by atoms with Gasteiger partial charge in [-0.3, -0.25) is 19.3 Å². The van der Waals surface area contributed by atoms with Gasteiger partial charge in [0.25, 0.3) is 5.91 Å². The molecule has 4 aromatic carbocycles. The Labute approximate surface area is 269 Å². The number of ether oxygens (including phenoxy) is 3. The zero-order valence-electron chi connectivity index (χ0n) is 25.6. The van der Waals surface area contributed by atoms with Crippen LogP contribution in [0.15, 0.2) is 60.7 Å². The first kappa shape index (κ1) is 29.0. The van der Waals surface area contributed by atoms with Crippen molar-refractivity contribution in [2.75, 3.05) is 13.7 Å². The number of benzene rings is 4. The first-order chi connectivity index (χ1) is 22.6. The van der Waals surface area contributed by atoms with Crippen molar-refractivity contribution in [3.05, 3.63) is 111 Å². The van der Waals surface area contributed by atoms with Crippen molar-refractivity contribution in [3.63, 3.8) is 0 Å². The van der Waals surface area contributed by atoms with Gasteiger partial charge < -0.3 is 24.4 Å². The fraction of sp³-hybridized carbons (Fsp3) is 0.243. The summed E-state index contributed by atoms with van der Waals surface area (Å²) in [6, 6.07) is 16.3. The van der Waals surface area contributed by atoms with Crippen LogP contribution < -0.4 is 4.74 Å². The van der Waals surface area contributed by atoms with Crippen LogP contribution in [0.5, 0.6) is 17.2 Å². The summed E-state index contributed by atoms with van der Waals surface area (Å²) < 4.78 is 17.0. The quantitative estimate of drug-likeness (QED) is 0.275. The Morgan fingerprint density at radius 1 is 0.851 bits per heavy atom. The van der Waals surface area contributed by atoms with E-state index in [-0.39, 0.29) is 70.1 Å². The number of carbonyl (C=O) groups is 4. The minimum atomic E-state index is -1.14. The molecular formula is C37H29NO9. The van der Waals surface area contributed by atoms with Crippen molar-refractivity contribution in [1.29, 1.82) is 0 Å². The van der Waals surface area contributed by atoms with E-state index in [2.05, 4.69) is 0 Å². The second kappa shape index (κ2) is 10.3. The van der Waals surface area contributed by atoms with Crippen molar-refractivity contribution < 1.29 is 43.6 Å². The number of hydrogen-bond acceptors (Lipinski definition) is 9. The maximum atomic E-state index is 14.2. The van der Waals surface area contributed by atoms with E-state index in [0.717, 1.165) is 5.56 Å². The molecule has 2 aliphatic heterocycles. The van der Waals surface area contributed by atoms with Crippen LogP contribution in [0.1, 0.15) is 71.4 Å². The molecule has 0 bridgehead atoms. The van der Waals surface area contributed by atoms with Gasteiger partial charge in [0.15, 0.2) is 17.6 Å². The van der Waals surface area contributed by atoms with Gasteiger partial charge in [-0.25, -0.2) is 4.79 Å². The van der Waals surface area contributed by atoms with Gasteiger partial charge >= 0.3 is 5.97 Å². The molecule has 2 N–H and O–H groups in total. The second-order valence-corrected chi connectivity index (χ2v) is 12.5. The van der Waals surface area contributed by atoms with Crippen LogP contribution >= 0.6 is 0 Å². The van der Waals surface area contributed by atoms with Crippen LogP contribution in [0.25, 0.3) is 11.1 Å². The number of amides is 1. The Balaban J connectivity index is 1.21. The number of phenolic OH excluding ortho intramolecular Hbond substituents is 2.